The van der Waals surface area contributed by atoms with E-state index in [-0.39, 0.29) is 0 Å². The molecule has 1 rings (SSSR count). The van der Waals surface area contributed by atoms with Crippen molar-refractivity contribution in [2.75, 3.05) is 20.6 Å². The molecule has 0 spiro atoms. The lowest BCUT2D eigenvalue weighted by Gasteiger charge is -2.24. The SMILES string of the molecule is CC(C)N[C@H](CCc1ccccc1)CN(C)C. The van der Waals surface area contributed by atoms with Gasteiger partial charge < -0.3 is 10.2 Å². The molecule has 0 unspecified atom stereocenters. The van der Waals surface area contributed by atoms with Gasteiger partial charge in [0.15, 0.2) is 0 Å². The molecule has 0 heterocycles. The van der Waals surface area contributed by atoms with Crippen molar-refractivity contribution in [1.29, 1.82) is 0 Å². The van der Waals surface area contributed by atoms with E-state index in [9.17, 15) is 0 Å². The van der Waals surface area contributed by atoms with Crippen LogP contribution in [0.15, 0.2) is 30.3 Å². The standard InChI is InChI=1S/C15H26N2/c1-13(2)16-15(12-17(3)4)11-10-14-8-6-5-7-9-14/h5-9,13,15-16H,10-12H2,1-4H3/t15-/m1/s1. The van der Waals surface area contributed by atoms with Crippen LogP contribution in [0.5, 0.6) is 0 Å². The molecule has 17 heavy (non-hydrogen) atoms. The normalized spacial score (nSPS) is 13.3. The number of benzene rings is 1. The van der Waals surface area contributed by atoms with Gasteiger partial charge >= 0.3 is 0 Å². The molecule has 0 radical (unpaired) electrons. The number of hydrogen-bond acceptors (Lipinski definition) is 2. The topological polar surface area (TPSA) is 15.3 Å². The molecule has 0 saturated heterocycles. The monoisotopic (exact) mass is 234 g/mol. The van der Waals surface area contributed by atoms with E-state index in [0.29, 0.717) is 12.1 Å². The molecule has 0 aromatic heterocycles. The third kappa shape index (κ3) is 6.44. The van der Waals surface area contributed by atoms with Gasteiger partial charge in [0.05, 0.1) is 0 Å². The van der Waals surface area contributed by atoms with Crippen LogP contribution < -0.4 is 5.32 Å². The Morgan fingerprint density at radius 3 is 2.29 bits per heavy atom. The van der Waals surface area contributed by atoms with Crippen molar-refractivity contribution in [2.45, 2.75) is 38.8 Å². The zero-order valence-corrected chi connectivity index (χ0v) is 11.6. The largest absolute Gasteiger partial charge is 0.310 e. The smallest absolute Gasteiger partial charge is 0.0200 e. The van der Waals surface area contributed by atoms with Crippen molar-refractivity contribution >= 4 is 0 Å². The van der Waals surface area contributed by atoms with Crippen LogP contribution >= 0.6 is 0 Å². The third-order valence-corrected chi connectivity index (χ3v) is 2.78. The van der Waals surface area contributed by atoms with Crippen LogP contribution in [-0.4, -0.2) is 37.6 Å². The van der Waals surface area contributed by atoms with Crippen molar-refractivity contribution in [3.63, 3.8) is 0 Å². The van der Waals surface area contributed by atoms with Crippen molar-refractivity contribution in [3.8, 4) is 0 Å². The highest BCUT2D eigenvalue weighted by Gasteiger charge is 2.10. The second kappa shape index (κ2) is 7.46. The predicted octanol–water partition coefficient (Wildman–Crippen LogP) is 2.55. The Hall–Kier alpha value is -0.860. The number of likely N-dealkylation sites (N-methyl/N-ethyl adjacent to an activating group) is 1. The van der Waals surface area contributed by atoms with Gasteiger partial charge in [-0.2, -0.15) is 0 Å². The van der Waals surface area contributed by atoms with Gasteiger partial charge in [-0.3, -0.25) is 0 Å². The van der Waals surface area contributed by atoms with E-state index in [1.165, 1.54) is 12.0 Å². The lowest BCUT2D eigenvalue weighted by atomic mass is 10.0. The minimum atomic E-state index is 0.552. The summed E-state index contributed by atoms with van der Waals surface area (Å²) in [6.07, 6.45) is 2.35. The Labute approximate surface area is 106 Å². The average Bonchev–Trinajstić information content (AvgIpc) is 2.26. The number of nitrogens with zero attached hydrogens (tertiary/aromatic N) is 1. The second-order valence-corrected chi connectivity index (χ2v) is 5.30. The van der Waals surface area contributed by atoms with Crippen molar-refractivity contribution in [3.05, 3.63) is 35.9 Å². The minimum absolute atomic E-state index is 0.552. The summed E-state index contributed by atoms with van der Waals surface area (Å²) in [6.45, 7) is 5.53. The first-order valence-electron chi connectivity index (χ1n) is 6.52. The van der Waals surface area contributed by atoms with E-state index in [1.54, 1.807) is 0 Å². The molecule has 0 aliphatic carbocycles. The molecule has 0 amide bonds. The van der Waals surface area contributed by atoms with Crippen LogP contribution in [0.3, 0.4) is 0 Å². The van der Waals surface area contributed by atoms with E-state index in [4.69, 9.17) is 0 Å². The fourth-order valence-corrected chi connectivity index (χ4v) is 2.13. The van der Waals surface area contributed by atoms with Crippen molar-refractivity contribution in [1.82, 2.24) is 10.2 Å². The highest BCUT2D eigenvalue weighted by molar-refractivity contribution is 5.14. The molecule has 2 nitrogen and oxygen atoms in total. The maximum Gasteiger partial charge on any atom is 0.0200 e. The molecule has 0 aliphatic rings. The van der Waals surface area contributed by atoms with Crippen LogP contribution in [-0.2, 0) is 6.42 Å². The molecule has 96 valence electrons. The first kappa shape index (κ1) is 14.2. The van der Waals surface area contributed by atoms with Gasteiger partial charge in [-0.1, -0.05) is 44.2 Å². The molecular formula is C15H26N2. The fourth-order valence-electron chi connectivity index (χ4n) is 2.13. The Kier molecular flexibility index (Phi) is 6.23. The van der Waals surface area contributed by atoms with Crippen LogP contribution in [0, 0.1) is 0 Å². The summed E-state index contributed by atoms with van der Waals surface area (Å²) in [5.74, 6) is 0. The quantitative estimate of drug-likeness (QED) is 0.780. The summed E-state index contributed by atoms with van der Waals surface area (Å²) < 4.78 is 0. The molecule has 1 atom stereocenters. The maximum absolute atomic E-state index is 3.64. The van der Waals surface area contributed by atoms with Gasteiger partial charge in [0, 0.05) is 18.6 Å². The predicted molar refractivity (Wildman–Crippen MR) is 75.4 cm³/mol. The molecule has 0 bridgehead atoms. The Balaban J connectivity index is 2.43. The van der Waals surface area contributed by atoms with E-state index in [1.807, 2.05) is 0 Å². The lowest BCUT2D eigenvalue weighted by Crippen LogP contribution is -2.42. The molecule has 1 aromatic rings. The van der Waals surface area contributed by atoms with Crippen LogP contribution in [0.2, 0.25) is 0 Å². The molecular weight excluding hydrogens is 208 g/mol. The maximum atomic E-state index is 3.64. The van der Waals surface area contributed by atoms with Gasteiger partial charge in [-0.25, -0.2) is 0 Å². The third-order valence-electron chi connectivity index (χ3n) is 2.78. The van der Waals surface area contributed by atoms with Gasteiger partial charge in [-0.15, -0.1) is 0 Å². The second-order valence-electron chi connectivity index (χ2n) is 5.30. The summed E-state index contributed by atoms with van der Waals surface area (Å²) >= 11 is 0. The molecule has 1 N–H and O–H groups in total. The molecule has 0 saturated carbocycles. The number of hydrogen-bond donors (Lipinski definition) is 1. The van der Waals surface area contributed by atoms with Gasteiger partial charge in [-0.05, 0) is 32.5 Å². The van der Waals surface area contributed by atoms with Crippen LogP contribution in [0.1, 0.15) is 25.8 Å². The summed E-state index contributed by atoms with van der Waals surface area (Å²) in [7, 11) is 4.27. The van der Waals surface area contributed by atoms with Crippen LogP contribution in [0.4, 0.5) is 0 Å². The number of rotatable bonds is 7. The molecule has 0 fully saturated rings. The highest BCUT2D eigenvalue weighted by Crippen LogP contribution is 2.06. The zero-order valence-electron chi connectivity index (χ0n) is 11.6. The Morgan fingerprint density at radius 1 is 1.12 bits per heavy atom. The number of aryl methyl sites for hydroxylation is 1. The zero-order chi connectivity index (χ0) is 12.7. The van der Waals surface area contributed by atoms with Gasteiger partial charge in [0.25, 0.3) is 0 Å². The molecule has 1 aromatic carbocycles. The fraction of sp³-hybridized carbons (Fsp3) is 0.600. The summed E-state index contributed by atoms with van der Waals surface area (Å²) in [5, 5.41) is 3.64. The molecule has 2 heteroatoms. The molecule has 0 aliphatic heterocycles. The summed E-state index contributed by atoms with van der Waals surface area (Å²) in [5.41, 5.74) is 1.43. The van der Waals surface area contributed by atoms with Crippen molar-refractivity contribution in [2.24, 2.45) is 0 Å². The Bertz CT molecular complexity index is 283. The highest BCUT2D eigenvalue weighted by atomic mass is 15.1. The van der Waals surface area contributed by atoms with Crippen LogP contribution in [0.25, 0.3) is 0 Å². The van der Waals surface area contributed by atoms with Gasteiger partial charge in [0.2, 0.25) is 0 Å². The minimum Gasteiger partial charge on any atom is -0.310 e. The Morgan fingerprint density at radius 2 is 1.76 bits per heavy atom. The van der Waals surface area contributed by atoms with Gasteiger partial charge in [0.1, 0.15) is 0 Å². The summed E-state index contributed by atoms with van der Waals surface area (Å²) in [4.78, 5) is 2.26. The van der Waals surface area contributed by atoms with Crippen molar-refractivity contribution < 1.29 is 0 Å². The van der Waals surface area contributed by atoms with E-state index in [0.717, 1.165) is 13.0 Å². The van der Waals surface area contributed by atoms with E-state index < -0.39 is 0 Å². The van der Waals surface area contributed by atoms with E-state index >= 15 is 0 Å². The van der Waals surface area contributed by atoms with E-state index in [2.05, 4.69) is 68.5 Å². The average molecular weight is 234 g/mol. The lowest BCUT2D eigenvalue weighted by molar-refractivity contribution is 0.313. The first-order valence-corrected chi connectivity index (χ1v) is 6.52. The number of nitrogens with one attached hydrogen (secondary N) is 1. The first-order chi connectivity index (χ1) is 8.08. The summed E-state index contributed by atoms with van der Waals surface area (Å²) in [6, 6.07) is 11.9.